The number of hydrogen-bond acceptors (Lipinski definition) is 6. The lowest BCUT2D eigenvalue weighted by Gasteiger charge is -2.30. The highest BCUT2D eigenvalue weighted by atomic mass is 16.5. The number of aromatic nitrogens is 2. The Labute approximate surface area is 188 Å². The Hall–Kier alpha value is -3.19. The van der Waals surface area contributed by atoms with Crippen LogP contribution in [0.2, 0.25) is 0 Å². The Bertz CT molecular complexity index is 1010. The fourth-order valence-electron chi connectivity index (χ4n) is 4.10. The third kappa shape index (κ3) is 5.95. The van der Waals surface area contributed by atoms with Gasteiger partial charge in [-0.2, -0.15) is 4.98 Å². The molecule has 1 fully saturated rings. The monoisotopic (exact) mass is 434 g/mol. The molecule has 0 aliphatic carbocycles. The average Bonchev–Trinajstić information content (AvgIpc) is 3.31. The predicted molar refractivity (Wildman–Crippen MR) is 122 cm³/mol. The molecule has 7 nitrogen and oxygen atoms in total. The van der Waals surface area contributed by atoms with Crippen LogP contribution in [0, 0.1) is 5.92 Å². The van der Waals surface area contributed by atoms with E-state index in [9.17, 15) is 4.79 Å². The van der Waals surface area contributed by atoms with Gasteiger partial charge >= 0.3 is 0 Å². The molecule has 0 spiro atoms. The third-order valence-corrected chi connectivity index (χ3v) is 5.81. The van der Waals surface area contributed by atoms with Crippen LogP contribution in [0.25, 0.3) is 11.4 Å². The fourth-order valence-corrected chi connectivity index (χ4v) is 4.10. The molecule has 7 heteroatoms. The summed E-state index contributed by atoms with van der Waals surface area (Å²) in [5, 5.41) is 7.20. The first-order valence-corrected chi connectivity index (χ1v) is 11.2. The van der Waals surface area contributed by atoms with Crippen molar-refractivity contribution in [3.8, 4) is 17.1 Å². The quantitative estimate of drug-likeness (QED) is 0.517. The first-order valence-electron chi connectivity index (χ1n) is 11.2. The van der Waals surface area contributed by atoms with E-state index in [1.165, 1.54) is 5.56 Å². The highest BCUT2D eigenvalue weighted by Crippen LogP contribution is 2.20. The van der Waals surface area contributed by atoms with E-state index in [2.05, 4.69) is 26.4 Å². The number of carbonyl (C=O) groups excluding carboxylic acids is 1. The number of nitrogens with one attached hydrogen (secondary N) is 1. The minimum absolute atomic E-state index is 0.00270. The van der Waals surface area contributed by atoms with Crippen molar-refractivity contribution in [3.05, 3.63) is 66.1 Å². The zero-order valence-electron chi connectivity index (χ0n) is 18.5. The van der Waals surface area contributed by atoms with Crippen molar-refractivity contribution < 1.29 is 14.1 Å². The smallest absolute Gasteiger partial charge is 0.241 e. The predicted octanol–water partition coefficient (Wildman–Crippen LogP) is 3.71. The van der Waals surface area contributed by atoms with Crippen molar-refractivity contribution >= 4 is 5.91 Å². The molecule has 1 unspecified atom stereocenters. The summed E-state index contributed by atoms with van der Waals surface area (Å²) in [6.07, 6.45) is 3.72. The number of likely N-dealkylation sites (tertiary alicyclic amines) is 1. The molecule has 0 saturated carbocycles. The first-order chi connectivity index (χ1) is 15.7. The van der Waals surface area contributed by atoms with Crippen LogP contribution in [-0.4, -0.2) is 47.7 Å². The second kappa shape index (κ2) is 10.9. The van der Waals surface area contributed by atoms with Crippen LogP contribution in [0.3, 0.4) is 0 Å². The molecule has 1 aromatic heterocycles. The molecule has 1 amide bonds. The molecule has 2 aromatic carbocycles. The Balaban J connectivity index is 1.22. The zero-order chi connectivity index (χ0) is 22.2. The van der Waals surface area contributed by atoms with Gasteiger partial charge in [-0.3, -0.25) is 9.69 Å². The minimum atomic E-state index is -0.00270. The molecule has 32 heavy (non-hydrogen) atoms. The summed E-state index contributed by atoms with van der Waals surface area (Å²) in [6, 6.07) is 17.9. The number of methoxy groups -OCH3 is 1. The van der Waals surface area contributed by atoms with Crippen molar-refractivity contribution in [1.82, 2.24) is 20.4 Å². The number of amides is 1. The molecule has 2 heterocycles. The van der Waals surface area contributed by atoms with Crippen LogP contribution in [-0.2, 0) is 17.8 Å². The molecule has 1 atom stereocenters. The van der Waals surface area contributed by atoms with Gasteiger partial charge < -0.3 is 14.6 Å². The van der Waals surface area contributed by atoms with Crippen molar-refractivity contribution in [3.63, 3.8) is 0 Å². The Kier molecular flexibility index (Phi) is 7.51. The van der Waals surface area contributed by atoms with E-state index in [1.807, 2.05) is 48.5 Å². The van der Waals surface area contributed by atoms with Crippen molar-refractivity contribution in [2.75, 3.05) is 26.7 Å². The maximum atomic E-state index is 12.7. The van der Waals surface area contributed by atoms with E-state index >= 15 is 0 Å². The summed E-state index contributed by atoms with van der Waals surface area (Å²) in [5.41, 5.74) is 2.16. The largest absolute Gasteiger partial charge is 0.497 e. The molecule has 0 radical (unpaired) electrons. The molecule has 4 rings (SSSR count). The second-order valence-corrected chi connectivity index (χ2v) is 8.20. The van der Waals surface area contributed by atoms with Gasteiger partial charge in [0.1, 0.15) is 5.75 Å². The Morgan fingerprint density at radius 1 is 1.22 bits per heavy atom. The van der Waals surface area contributed by atoms with Gasteiger partial charge in [0, 0.05) is 18.7 Å². The molecule has 1 aliphatic heterocycles. The maximum Gasteiger partial charge on any atom is 0.241 e. The first kappa shape index (κ1) is 22.0. The van der Waals surface area contributed by atoms with Crippen molar-refractivity contribution in [2.45, 2.75) is 32.2 Å². The summed E-state index contributed by atoms with van der Waals surface area (Å²) in [7, 11) is 1.67. The van der Waals surface area contributed by atoms with Crippen LogP contribution in [0.1, 0.15) is 30.7 Å². The number of ether oxygens (including phenoxy) is 1. The fraction of sp³-hybridized carbons (Fsp3) is 0.400. The Morgan fingerprint density at radius 3 is 2.94 bits per heavy atom. The van der Waals surface area contributed by atoms with E-state index in [0.29, 0.717) is 31.3 Å². The van der Waals surface area contributed by atoms with Crippen LogP contribution in [0.5, 0.6) is 5.75 Å². The van der Waals surface area contributed by atoms with E-state index < -0.39 is 0 Å². The molecule has 1 aliphatic rings. The van der Waals surface area contributed by atoms with Crippen LogP contribution in [0.15, 0.2) is 59.1 Å². The van der Waals surface area contributed by atoms with E-state index in [1.54, 1.807) is 7.11 Å². The standard InChI is InChI=1S/C25H30N4O3/c1-31-22-13-5-8-19(16-22)9-6-14-26-25(30)21-12-7-15-29(17-21)18-23-27-24(28-32-23)20-10-3-2-4-11-20/h2-5,8,10-11,13,16,21H,6-7,9,12,14-15,17-18H2,1H3,(H,26,30). The SMILES string of the molecule is COc1cccc(CCCNC(=O)C2CCCN(Cc3nc(-c4ccccc4)no3)C2)c1. The lowest BCUT2D eigenvalue weighted by molar-refractivity contribution is -0.126. The highest BCUT2D eigenvalue weighted by molar-refractivity contribution is 5.78. The summed E-state index contributed by atoms with van der Waals surface area (Å²) >= 11 is 0. The van der Waals surface area contributed by atoms with Gasteiger partial charge in [-0.1, -0.05) is 47.6 Å². The number of piperidine rings is 1. The van der Waals surface area contributed by atoms with E-state index in [-0.39, 0.29) is 11.8 Å². The highest BCUT2D eigenvalue weighted by Gasteiger charge is 2.26. The van der Waals surface area contributed by atoms with Gasteiger partial charge in [-0.15, -0.1) is 0 Å². The molecular formula is C25H30N4O3. The van der Waals surface area contributed by atoms with Gasteiger partial charge in [-0.05, 0) is 49.9 Å². The van der Waals surface area contributed by atoms with Crippen LogP contribution < -0.4 is 10.1 Å². The van der Waals surface area contributed by atoms with Crippen molar-refractivity contribution in [2.24, 2.45) is 5.92 Å². The van der Waals surface area contributed by atoms with Gasteiger partial charge in [-0.25, -0.2) is 0 Å². The van der Waals surface area contributed by atoms with E-state index in [0.717, 1.165) is 43.5 Å². The number of hydrogen-bond donors (Lipinski definition) is 1. The number of nitrogens with zero attached hydrogens (tertiary/aromatic N) is 3. The summed E-state index contributed by atoms with van der Waals surface area (Å²) < 4.78 is 10.7. The maximum absolute atomic E-state index is 12.7. The second-order valence-electron chi connectivity index (χ2n) is 8.20. The summed E-state index contributed by atoms with van der Waals surface area (Å²) in [6.45, 7) is 2.89. The van der Waals surface area contributed by atoms with Gasteiger partial charge in [0.25, 0.3) is 0 Å². The molecular weight excluding hydrogens is 404 g/mol. The van der Waals surface area contributed by atoms with E-state index in [4.69, 9.17) is 9.26 Å². The number of aryl methyl sites for hydroxylation is 1. The summed E-state index contributed by atoms with van der Waals surface area (Å²) in [5.74, 6) is 2.19. The van der Waals surface area contributed by atoms with Crippen LogP contribution in [0.4, 0.5) is 0 Å². The normalized spacial score (nSPS) is 16.6. The molecule has 3 aromatic rings. The Morgan fingerprint density at radius 2 is 2.09 bits per heavy atom. The number of carbonyl (C=O) groups is 1. The number of benzene rings is 2. The average molecular weight is 435 g/mol. The summed E-state index contributed by atoms with van der Waals surface area (Å²) in [4.78, 5) is 19.4. The lowest BCUT2D eigenvalue weighted by Crippen LogP contribution is -2.43. The number of rotatable bonds is 9. The lowest BCUT2D eigenvalue weighted by atomic mass is 9.97. The van der Waals surface area contributed by atoms with Gasteiger partial charge in [0.2, 0.25) is 17.6 Å². The topological polar surface area (TPSA) is 80.5 Å². The molecule has 168 valence electrons. The van der Waals surface area contributed by atoms with Gasteiger partial charge in [0.05, 0.1) is 19.6 Å². The molecule has 0 bridgehead atoms. The zero-order valence-corrected chi connectivity index (χ0v) is 18.5. The minimum Gasteiger partial charge on any atom is -0.497 e. The van der Waals surface area contributed by atoms with Crippen LogP contribution >= 0.6 is 0 Å². The van der Waals surface area contributed by atoms with Crippen molar-refractivity contribution in [1.29, 1.82) is 0 Å². The third-order valence-electron chi connectivity index (χ3n) is 5.81. The molecule has 1 saturated heterocycles. The van der Waals surface area contributed by atoms with Gasteiger partial charge in [0.15, 0.2) is 0 Å². The molecule has 1 N–H and O–H groups in total.